The Bertz CT molecular complexity index is 1310. The zero-order valence-electron chi connectivity index (χ0n) is 15.9. The summed E-state index contributed by atoms with van der Waals surface area (Å²) in [4.78, 5) is 9.23. The third-order valence-corrected chi connectivity index (χ3v) is 5.27. The normalized spacial score (nSPS) is 11.3. The van der Waals surface area contributed by atoms with E-state index in [0.29, 0.717) is 23.8 Å². The summed E-state index contributed by atoms with van der Waals surface area (Å²) in [5.74, 6) is 0.852. The molecule has 2 aromatic heterocycles. The molecule has 5 rings (SSSR count). The van der Waals surface area contributed by atoms with Crippen molar-refractivity contribution in [2.75, 3.05) is 11.5 Å². The maximum Gasteiger partial charge on any atom is 0.201 e. The summed E-state index contributed by atoms with van der Waals surface area (Å²) in [6.45, 7) is 0.630. The van der Waals surface area contributed by atoms with Crippen LogP contribution in [0.1, 0.15) is 16.7 Å². The molecule has 0 bridgehead atoms. The molecule has 29 heavy (non-hydrogen) atoms. The predicted octanol–water partition coefficient (Wildman–Crippen LogP) is 4.39. The molecule has 0 aliphatic heterocycles. The molecule has 0 amide bonds. The molecule has 0 unspecified atom stereocenters. The van der Waals surface area contributed by atoms with Crippen LogP contribution in [0.2, 0.25) is 0 Å². The van der Waals surface area contributed by atoms with Crippen molar-refractivity contribution in [1.82, 2.24) is 14.5 Å². The van der Waals surface area contributed by atoms with Crippen LogP contribution in [0.4, 0.5) is 11.8 Å². The summed E-state index contributed by atoms with van der Waals surface area (Å²) in [5, 5.41) is 1.02. The molecule has 0 atom stereocenters. The van der Waals surface area contributed by atoms with Crippen LogP contribution < -0.4 is 11.5 Å². The van der Waals surface area contributed by atoms with Crippen molar-refractivity contribution in [2.45, 2.75) is 13.0 Å². The van der Waals surface area contributed by atoms with Gasteiger partial charge in [0, 0.05) is 5.39 Å². The van der Waals surface area contributed by atoms with Gasteiger partial charge in [0.15, 0.2) is 5.82 Å². The van der Waals surface area contributed by atoms with Crippen molar-refractivity contribution in [3.63, 3.8) is 0 Å². The Balaban J connectivity index is 1.72. The summed E-state index contributed by atoms with van der Waals surface area (Å²) in [7, 11) is 0. The maximum atomic E-state index is 6.32. The highest BCUT2D eigenvalue weighted by Crippen LogP contribution is 2.32. The van der Waals surface area contributed by atoms with E-state index < -0.39 is 0 Å². The van der Waals surface area contributed by atoms with Crippen molar-refractivity contribution >= 4 is 33.7 Å². The number of aromatic nitrogens is 3. The van der Waals surface area contributed by atoms with E-state index in [9.17, 15) is 0 Å². The third kappa shape index (κ3) is 3.06. The summed E-state index contributed by atoms with van der Waals surface area (Å²) in [5.41, 5.74) is 18.6. The fraction of sp³-hybridized carbons (Fsp3) is 0.0833. The van der Waals surface area contributed by atoms with Crippen molar-refractivity contribution < 1.29 is 0 Å². The van der Waals surface area contributed by atoms with Gasteiger partial charge < -0.3 is 16.0 Å². The van der Waals surface area contributed by atoms with Crippen LogP contribution in [0, 0.1) is 0 Å². The molecule has 5 aromatic rings. The second-order valence-corrected chi connectivity index (χ2v) is 7.21. The fourth-order valence-electron chi connectivity index (χ4n) is 3.89. The van der Waals surface area contributed by atoms with E-state index in [1.165, 1.54) is 5.56 Å². The first-order valence-corrected chi connectivity index (χ1v) is 9.61. The summed E-state index contributed by atoms with van der Waals surface area (Å²) < 4.78 is 2.03. The smallest absolute Gasteiger partial charge is 0.201 e. The number of nitrogen functional groups attached to an aromatic ring is 2. The van der Waals surface area contributed by atoms with E-state index in [1.807, 2.05) is 28.8 Å². The zero-order valence-corrected chi connectivity index (χ0v) is 15.9. The highest BCUT2D eigenvalue weighted by atomic mass is 15.2. The van der Waals surface area contributed by atoms with Crippen molar-refractivity contribution in [1.29, 1.82) is 0 Å². The lowest BCUT2D eigenvalue weighted by Crippen LogP contribution is -2.05. The molecule has 0 fully saturated rings. The largest absolute Gasteiger partial charge is 0.382 e. The second kappa shape index (κ2) is 6.95. The Labute approximate surface area is 168 Å². The van der Waals surface area contributed by atoms with Crippen molar-refractivity contribution in [3.8, 4) is 0 Å². The Morgan fingerprint density at radius 1 is 0.690 bits per heavy atom. The highest BCUT2D eigenvalue weighted by molar-refractivity contribution is 6.08. The van der Waals surface area contributed by atoms with Gasteiger partial charge in [-0.3, -0.25) is 0 Å². The average molecular weight is 379 g/mol. The van der Waals surface area contributed by atoms with Gasteiger partial charge >= 0.3 is 0 Å². The van der Waals surface area contributed by atoms with Gasteiger partial charge in [-0.05, 0) is 23.1 Å². The van der Waals surface area contributed by atoms with E-state index in [2.05, 4.69) is 59.6 Å². The van der Waals surface area contributed by atoms with Gasteiger partial charge in [-0.2, -0.15) is 0 Å². The van der Waals surface area contributed by atoms with Crippen LogP contribution in [-0.4, -0.2) is 14.5 Å². The lowest BCUT2D eigenvalue weighted by atomic mass is 10.0. The monoisotopic (exact) mass is 379 g/mol. The minimum absolute atomic E-state index is 0.409. The molecule has 0 spiro atoms. The SMILES string of the molecule is Nc1nc2c(Cc3ccccc3)cccc2c2c1nc(N)n2Cc1ccccc1. The van der Waals surface area contributed by atoms with E-state index in [0.717, 1.165) is 34.0 Å². The predicted molar refractivity (Wildman–Crippen MR) is 119 cm³/mol. The van der Waals surface area contributed by atoms with Crippen molar-refractivity contribution in [3.05, 3.63) is 95.6 Å². The number of nitrogens with two attached hydrogens (primary N) is 2. The molecule has 0 saturated carbocycles. The summed E-state index contributed by atoms with van der Waals surface area (Å²) >= 11 is 0. The lowest BCUT2D eigenvalue weighted by Gasteiger charge is -2.11. The molecule has 0 aliphatic carbocycles. The summed E-state index contributed by atoms with van der Waals surface area (Å²) in [6, 6.07) is 26.8. The Kier molecular flexibility index (Phi) is 4.13. The molecular weight excluding hydrogens is 358 g/mol. The molecule has 2 heterocycles. The molecule has 0 radical (unpaired) electrons. The molecular formula is C24H21N5. The number of fused-ring (bicyclic) bond motifs is 3. The fourth-order valence-corrected chi connectivity index (χ4v) is 3.89. The summed E-state index contributed by atoms with van der Waals surface area (Å²) in [6.07, 6.45) is 0.790. The third-order valence-electron chi connectivity index (χ3n) is 5.27. The topological polar surface area (TPSA) is 82.8 Å². The standard InChI is InChI=1S/C24H21N5/c25-23-21-22(29(24(26)28-21)15-17-10-5-2-6-11-17)19-13-7-12-18(20(19)27-23)14-16-8-3-1-4-9-16/h1-13H,14-15H2,(H2,25,27)(H2,26,28). The van der Waals surface area contributed by atoms with Gasteiger partial charge in [-0.15, -0.1) is 0 Å². The number of anilines is 2. The lowest BCUT2D eigenvalue weighted by molar-refractivity contribution is 0.840. The number of imidazole rings is 1. The van der Waals surface area contributed by atoms with E-state index in [4.69, 9.17) is 16.5 Å². The van der Waals surface area contributed by atoms with Crippen LogP contribution in [0.5, 0.6) is 0 Å². The molecule has 4 N–H and O–H groups in total. The van der Waals surface area contributed by atoms with Crippen LogP contribution >= 0.6 is 0 Å². The number of nitrogens with zero attached hydrogens (tertiary/aromatic N) is 3. The molecule has 0 aliphatic rings. The van der Waals surface area contributed by atoms with E-state index in [1.54, 1.807) is 0 Å². The number of hydrogen-bond donors (Lipinski definition) is 2. The van der Waals surface area contributed by atoms with Crippen LogP contribution in [0.15, 0.2) is 78.9 Å². The number of rotatable bonds is 4. The molecule has 3 aromatic carbocycles. The number of benzene rings is 3. The molecule has 142 valence electrons. The minimum Gasteiger partial charge on any atom is -0.382 e. The molecule has 5 nitrogen and oxygen atoms in total. The van der Waals surface area contributed by atoms with Gasteiger partial charge in [0.05, 0.1) is 17.6 Å². The van der Waals surface area contributed by atoms with Crippen LogP contribution in [-0.2, 0) is 13.0 Å². The second-order valence-electron chi connectivity index (χ2n) is 7.21. The number of pyridine rings is 1. The van der Waals surface area contributed by atoms with Gasteiger partial charge in [-0.1, -0.05) is 78.9 Å². The van der Waals surface area contributed by atoms with Crippen LogP contribution in [0.25, 0.3) is 21.9 Å². The van der Waals surface area contributed by atoms with Crippen molar-refractivity contribution in [2.24, 2.45) is 0 Å². The average Bonchev–Trinajstić information content (AvgIpc) is 3.07. The quantitative estimate of drug-likeness (QED) is 0.485. The first-order chi connectivity index (χ1) is 14.2. The molecule has 0 saturated heterocycles. The van der Waals surface area contributed by atoms with Gasteiger partial charge in [0.1, 0.15) is 5.52 Å². The van der Waals surface area contributed by atoms with E-state index in [-0.39, 0.29) is 0 Å². The Hall–Kier alpha value is -3.86. The zero-order chi connectivity index (χ0) is 19.8. The van der Waals surface area contributed by atoms with Crippen LogP contribution in [0.3, 0.4) is 0 Å². The van der Waals surface area contributed by atoms with Gasteiger partial charge in [-0.25, -0.2) is 9.97 Å². The highest BCUT2D eigenvalue weighted by Gasteiger charge is 2.17. The Morgan fingerprint density at radius 3 is 2.10 bits per heavy atom. The van der Waals surface area contributed by atoms with E-state index >= 15 is 0 Å². The molecule has 5 heteroatoms. The first-order valence-electron chi connectivity index (χ1n) is 9.61. The van der Waals surface area contributed by atoms with Gasteiger partial charge in [0.2, 0.25) is 5.95 Å². The Morgan fingerprint density at radius 2 is 1.38 bits per heavy atom. The number of para-hydroxylation sites is 1. The first kappa shape index (κ1) is 17.3. The number of hydrogen-bond acceptors (Lipinski definition) is 4. The maximum absolute atomic E-state index is 6.32. The minimum atomic E-state index is 0.409. The van der Waals surface area contributed by atoms with Gasteiger partial charge in [0.25, 0.3) is 0 Å².